The third kappa shape index (κ3) is 3.76. The molecule has 0 spiro atoms. The van der Waals surface area contributed by atoms with Crippen LogP contribution in [0, 0.1) is 34.6 Å². The first-order chi connectivity index (χ1) is 12.8. The van der Waals surface area contributed by atoms with E-state index in [1.165, 1.54) is 29.2 Å². The Morgan fingerprint density at radius 3 is 2.67 bits per heavy atom. The summed E-state index contributed by atoms with van der Waals surface area (Å²) < 4.78 is 26.6. The first-order valence-corrected chi connectivity index (χ1v) is 8.07. The minimum atomic E-state index is -1.00. The molecule has 1 aliphatic heterocycles. The fourth-order valence-corrected chi connectivity index (χ4v) is 2.94. The van der Waals surface area contributed by atoms with Crippen molar-refractivity contribution >= 4 is 28.9 Å². The van der Waals surface area contributed by atoms with Crippen molar-refractivity contribution in [2.24, 2.45) is 5.92 Å². The lowest BCUT2D eigenvalue weighted by Gasteiger charge is -2.17. The van der Waals surface area contributed by atoms with Gasteiger partial charge in [-0.3, -0.25) is 19.7 Å². The van der Waals surface area contributed by atoms with E-state index < -0.39 is 40.0 Å². The molecule has 0 bridgehead atoms. The SMILES string of the molecule is Cc1cc(F)ccc1NC(=O)C1CC(=O)N(c2ccc(F)c([N+](=O)[O-])c2)C1. The second kappa shape index (κ2) is 7.10. The Bertz CT molecular complexity index is 948. The van der Waals surface area contributed by atoms with Gasteiger partial charge in [-0.15, -0.1) is 0 Å². The van der Waals surface area contributed by atoms with Crippen LogP contribution in [-0.4, -0.2) is 23.3 Å². The summed E-state index contributed by atoms with van der Waals surface area (Å²) in [5, 5.41) is 13.5. The van der Waals surface area contributed by atoms with Gasteiger partial charge in [-0.25, -0.2) is 4.39 Å². The van der Waals surface area contributed by atoms with Crippen molar-refractivity contribution < 1.29 is 23.3 Å². The molecule has 2 aromatic rings. The quantitative estimate of drug-likeness (QED) is 0.656. The zero-order valence-corrected chi connectivity index (χ0v) is 14.2. The Hall–Kier alpha value is -3.36. The second-order valence-corrected chi connectivity index (χ2v) is 6.25. The van der Waals surface area contributed by atoms with Crippen molar-refractivity contribution in [2.45, 2.75) is 13.3 Å². The van der Waals surface area contributed by atoms with Gasteiger partial charge in [0, 0.05) is 24.7 Å². The van der Waals surface area contributed by atoms with Crippen LogP contribution in [0.5, 0.6) is 0 Å². The van der Waals surface area contributed by atoms with Gasteiger partial charge in [-0.2, -0.15) is 4.39 Å². The normalized spacial score (nSPS) is 16.5. The standard InChI is InChI=1S/C18H15F2N3O4/c1-10-6-12(19)2-5-15(10)21-18(25)11-7-17(24)22(9-11)13-3-4-14(20)16(8-13)23(26)27/h2-6,8,11H,7,9H2,1H3,(H,21,25). The molecule has 0 radical (unpaired) electrons. The lowest BCUT2D eigenvalue weighted by molar-refractivity contribution is -0.387. The van der Waals surface area contributed by atoms with Gasteiger partial charge < -0.3 is 10.2 Å². The van der Waals surface area contributed by atoms with Crippen molar-refractivity contribution in [3.8, 4) is 0 Å². The highest BCUT2D eigenvalue weighted by Crippen LogP contribution is 2.30. The van der Waals surface area contributed by atoms with Gasteiger partial charge in [0.1, 0.15) is 5.82 Å². The minimum absolute atomic E-state index is 0.00763. The zero-order chi connectivity index (χ0) is 19.7. The van der Waals surface area contributed by atoms with Gasteiger partial charge in [0.25, 0.3) is 0 Å². The average molecular weight is 375 g/mol. The van der Waals surface area contributed by atoms with Gasteiger partial charge in [-0.1, -0.05) is 0 Å². The number of hydrogen-bond donors (Lipinski definition) is 1. The monoisotopic (exact) mass is 375 g/mol. The predicted molar refractivity (Wildman–Crippen MR) is 93.3 cm³/mol. The number of carbonyl (C=O) groups excluding carboxylic acids is 2. The largest absolute Gasteiger partial charge is 0.326 e. The summed E-state index contributed by atoms with van der Waals surface area (Å²) in [7, 11) is 0. The topological polar surface area (TPSA) is 92.6 Å². The molecule has 1 atom stereocenters. The van der Waals surface area contributed by atoms with E-state index in [0.29, 0.717) is 11.3 Å². The molecule has 2 aromatic carbocycles. The average Bonchev–Trinajstić information content (AvgIpc) is 2.99. The number of anilines is 2. The van der Waals surface area contributed by atoms with Gasteiger partial charge in [0.05, 0.1) is 16.5 Å². The Balaban J connectivity index is 1.76. The van der Waals surface area contributed by atoms with Crippen LogP contribution in [0.2, 0.25) is 0 Å². The molecule has 27 heavy (non-hydrogen) atoms. The van der Waals surface area contributed by atoms with Crippen molar-refractivity contribution in [1.29, 1.82) is 0 Å². The Morgan fingerprint density at radius 1 is 1.26 bits per heavy atom. The number of hydrogen-bond acceptors (Lipinski definition) is 4. The summed E-state index contributed by atoms with van der Waals surface area (Å²) in [5.41, 5.74) is 0.389. The molecule has 1 saturated heterocycles. The maximum absolute atomic E-state index is 13.5. The molecule has 1 fully saturated rings. The molecule has 0 aromatic heterocycles. The van der Waals surface area contributed by atoms with E-state index in [9.17, 15) is 28.5 Å². The van der Waals surface area contributed by atoms with Crippen LogP contribution >= 0.6 is 0 Å². The number of halogens is 2. The molecule has 0 saturated carbocycles. The molecule has 1 N–H and O–H groups in total. The number of carbonyl (C=O) groups is 2. The van der Waals surface area contributed by atoms with Crippen molar-refractivity contribution in [3.63, 3.8) is 0 Å². The van der Waals surface area contributed by atoms with Gasteiger partial charge in [0.15, 0.2) is 0 Å². The third-order valence-corrected chi connectivity index (χ3v) is 4.38. The van der Waals surface area contributed by atoms with E-state index in [1.54, 1.807) is 6.92 Å². The maximum Gasteiger partial charge on any atom is 0.306 e. The fraction of sp³-hybridized carbons (Fsp3) is 0.222. The Labute approximate surface area is 152 Å². The van der Waals surface area contributed by atoms with Crippen molar-refractivity contribution in [1.82, 2.24) is 0 Å². The van der Waals surface area contributed by atoms with Crippen molar-refractivity contribution in [2.75, 3.05) is 16.8 Å². The number of aryl methyl sites for hydroxylation is 1. The molecule has 7 nitrogen and oxygen atoms in total. The van der Waals surface area contributed by atoms with E-state index in [1.807, 2.05) is 0 Å². The lowest BCUT2D eigenvalue weighted by Crippen LogP contribution is -2.28. The molecule has 0 aliphatic carbocycles. The summed E-state index contributed by atoms with van der Waals surface area (Å²) in [4.78, 5) is 35.9. The zero-order valence-electron chi connectivity index (χ0n) is 14.2. The van der Waals surface area contributed by atoms with E-state index in [2.05, 4.69) is 5.32 Å². The van der Waals surface area contributed by atoms with E-state index >= 15 is 0 Å². The summed E-state index contributed by atoms with van der Waals surface area (Å²) >= 11 is 0. The van der Waals surface area contributed by atoms with Crippen molar-refractivity contribution in [3.05, 3.63) is 63.7 Å². The third-order valence-electron chi connectivity index (χ3n) is 4.38. The van der Waals surface area contributed by atoms with Gasteiger partial charge >= 0.3 is 5.69 Å². The number of nitro groups is 1. The molecule has 2 amide bonds. The molecule has 1 unspecified atom stereocenters. The first-order valence-electron chi connectivity index (χ1n) is 8.07. The summed E-state index contributed by atoms with van der Waals surface area (Å²) in [5.74, 6) is -2.93. The van der Waals surface area contributed by atoms with E-state index in [0.717, 1.165) is 12.1 Å². The molecular formula is C18H15F2N3O4. The Kier molecular flexibility index (Phi) is 4.85. The molecule has 140 valence electrons. The van der Waals surface area contributed by atoms with Crippen LogP contribution in [0.3, 0.4) is 0 Å². The fourth-order valence-electron chi connectivity index (χ4n) is 2.94. The molecule has 9 heteroatoms. The lowest BCUT2D eigenvalue weighted by atomic mass is 10.1. The number of amides is 2. The highest BCUT2D eigenvalue weighted by molar-refractivity contribution is 6.03. The van der Waals surface area contributed by atoms with Gasteiger partial charge in [-0.05, 0) is 42.8 Å². The van der Waals surface area contributed by atoms with Crippen LogP contribution < -0.4 is 10.2 Å². The van der Waals surface area contributed by atoms with E-state index in [-0.39, 0.29) is 18.7 Å². The van der Waals surface area contributed by atoms with Gasteiger partial charge in [0.2, 0.25) is 17.6 Å². The smallest absolute Gasteiger partial charge is 0.306 e. The molecule has 1 aliphatic rings. The first kappa shape index (κ1) is 18.4. The summed E-state index contributed by atoms with van der Waals surface area (Å²) in [6.45, 7) is 1.65. The predicted octanol–water partition coefficient (Wildman–Crippen LogP) is 3.17. The van der Waals surface area contributed by atoms with Crippen LogP contribution in [-0.2, 0) is 9.59 Å². The summed E-state index contributed by atoms with van der Waals surface area (Å²) in [6, 6.07) is 7.06. The molecule has 3 rings (SSSR count). The Morgan fingerprint density at radius 2 is 2.00 bits per heavy atom. The number of nitrogens with one attached hydrogen (secondary N) is 1. The molecular weight excluding hydrogens is 360 g/mol. The maximum atomic E-state index is 13.5. The van der Waals surface area contributed by atoms with Crippen LogP contribution in [0.25, 0.3) is 0 Å². The molecule has 1 heterocycles. The minimum Gasteiger partial charge on any atom is -0.326 e. The van der Waals surface area contributed by atoms with E-state index in [4.69, 9.17) is 0 Å². The number of nitro benzene ring substituents is 1. The summed E-state index contributed by atoms with van der Waals surface area (Å²) in [6.07, 6.45) is -0.0861. The highest BCUT2D eigenvalue weighted by atomic mass is 19.1. The number of benzene rings is 2. The number of nitrogens with zero attached hydrogens (tertiary/aromatic N) is 2. The second-order valence-electron chi connectivity index (χ2n) is 6.25. The van der Waals surface area contributed by atoms with Crippen LogP contribution in [0.4, 0.5) is 25.8 Å². The highest BCUT2D eigenvalue weighted by Gasteiger charge is 2.36. The van der Waals surface area contributed by atoms with Crippen LogP contribution in [0.1, 0.15) is 12.0 Å². The van der Waals surface area contributed by atoms with Crippen LogP contribution in [0.15, 0.2) is 36.4 Å². The number of rotatable bonds is 4.